The number of hydrogen-bond acceptors (Lipinski definition) is 3. The van der Waals surface area contributed by atoms with Crippen LogP contribution in [0.4, 0.5) is 11.4 Å². The van der Waals surface area contributed by atoms with Crippen molar-refractivity contribution in [2.75, 3.05) is 0 Å². The summed E-state index contributed by atoms with van der Waals surface area (Å²) in [6.45, 7) is 0. The lowest BCUT2D eigenvalue weighted by Crippen LogP contribution is -1.69. The van der Waals surface area contributed by atoms with E-state index in [0.717, 1.165) is 0 Å². The molecule has 17 heavy (non-hydrogen) atoms. The van der Waals surface area contributed by atoms with E-state index in [0.29, 0.717) is 21.4 Å². The zero-order chi connectivity index (χ0) is 12.3. The molecule has 0 aliphatic heterocycles. The number of benzene rings is 2. The first-order chi connectivity index (χ1) is 8.15. The number of rotatable bonds is 2. The SMILES string of the molecule is Oc1ccc(/N=N/c2ccc(Cl)cc2Cl)cc1. The summed E-state index contributed by atoms with van der Waals surface area (Å²) in [5, 5.41) is 18.1. The summed E-state index contributed by atoms with van der Waals surface area (Å²) in [7, 11) is 0. The van der Waals surface area contributed by atoms with Crippen molar-refractivity contribution < 1.29 is 5.11 Å². The Hall–Kier alpha value is -1.58. The second-order valence-electron chi connectivity index (χ2n) is 3.31. The third-order valence-electron chi connectivity index (χ3n) is 2.03. The summed E-state index contributed by atoms with van der Waals surface area (Å²) in [6, 6.07) is 11.4. The summed E-state index contributed by atoms with van der Waals surface area (Å²) in [5.74, 6) is 0.188. The van der Waals surface area contributed by atoms with Crippen LogP contribution < -0.4 is 0 Å². The van der Waals surface area contributed by atoms with E-state index < -0.39 is 0 Å². The zero-order valence-electron chi connectivity index (χ0n) is 8.64. The van der Waals surface area contributed by atoms with Crippen molar-refractivity contribution in [1.82, 2.24) is 0 Å². The van der Waals surface area contributed by atoms with E-state index in [2.05, 4.69) is 10.2 Å². The van der Waals surface area contributed by atoms with E-state index in [-0.39, 0.29) is 5.75 Å². The molecule has 0 bridgehead atoms. The van der Waals surface area contributed by atoms with Crippen LogP contribution in [0, 0.1) is 0 Å². The Morgan fingerprint density at radius 1 is 0.882 bits per heavy atom. The van der Waals surface area contributed by atoms with Gasteiger partial charge in [0.2, 0.25) is 0 Å². The van der Waals surface area contributed by atoms with E-state index in [1.165, 1.54) is 12.1 Å². The van der Waals surface area contributed by atoms with Crippen LogP contribution >= 0.6 is 23.2 Å². The first-order valence-corrected chi connectivity index (χ1v) is 5.56. The molecule has 5 heteroatoms. The fourth-order valence-electron chi connectivity index (χ4n) is 1.19. The van der Waals surface area contributed by atoms with Gasteiger partial charge in [-0.1, -0.05) is 23.2 Å². The Labute approximate surface area is 108 Å². The average Bonchev–Trinajstić information content (AvgIpc) is 2.30. The molecule has 0 aromatic heterocycles. The van der Waals surface area contributed by atoms with Crippen LogP contribution in [0.15, 0.2) is 52.7 Å². The normalized spacial score (nSPS) is 10.9. The lowest BCUT2D eigenvalue weighted by Gasteiger charge is -1.97. The molecule has 0 unspecified atom stereocenters. The third kappa shape index (κ3) is 3.19. The summed E-state index contributed by atoms with van der Waals surface area (Å²) in [6.07, 6.45) is 0. The maximum Gasteiger partial charge on any atom is 0.115 e. The van der Waals surface area contributed by atoms with Crippen molar-refractivity contribution in [3.63, 3.8) is 0 Å². The fourth-order valence-corrected chi connectivity index (χ4v) is 1.64. The molecule has 0 heterocycles. The van der Waals surface area contributed by atoms with Crippen molar-refractivity contribution >= 4 is 34.6 Å². The monoisotopic (exact) mass is 266 g/mol. The van der Waals surface area contributed by atoms with Gasteiger partial charge >= 0.3 is 0 Å². The molecule has 0 saturated heterocycles. The molecular weight excluding hydrogens is 259 g/mol. The highest BCUT2D eigenvalue weighted by Crippen LogP contribution is 2.29. The summed E-state index contributed by atoms with van der Waals surface area (Å²) in [4.78, 5) is 0. The first-order valence-electron chi connectivity index (χ1n) is 4.81. The highest BCUT2D eigenvalue weighted by molar-refractivity contribution is 6.36. The van der Waals surface area contributed by atoms with Crippen LogP contribution in [0.1, 0.15) is 0 Å². The molecule has 0 amide bonds. The van der Waals surface area contributed by atoms with Gasteiger partial charge in [0, 0.05) is 5.02 Å². The highest BCUT2D eigenvalue weighted by Gasteiger charge is 1.99. The summed E-state index contributed by atoms with van der Waals surface area (Å²) in [5.41, 5.74) is 1.18. The molecule has 0 atom stereocenters. The Morgan fingerprint density at radius 3 is 2.24 bits per heavy atom. The van der Waals surface area contributed by atoms with E-state index in [1.807, 2.05) is 0 Å². The van der Waals surface area contributed by atoms with Gasteiger partial charge in [0.05, 0.1) is 10.7 Å². The standard InChI is InChI=1S/C12H8Cl2N2O/c13-8-1-6-12(11(14)7-8)16-15-9-2-4-10(17)5-3-9/h1-7,17H/b16-15+. The number of nitrogens with zero attached hydrogens (tertiary/aromatic N) is 2. The van der Waals surface area contributed by atoms with Gasteiger partial charge in [-0.15, -0.1) is 5.11 Å². The van der Waals surface area contributed by atoms with Crippen molar-refractivity contribution in [2.24, 2.45) is 10.2 Å². The lowest BCUT2D eigenvalue weighted by atomic mass is 10.3. The number of halogens is 2. The Morgan fingerprint density at radius 2 is 1.59 bits per heavy atom. The van der Waals surface area contributed by atoms with Gasteiger partial charge in [-0.25, -0.2) is 0 Å². The lowest BCUT2D eigenvalue weighted by molar-refractivity contribution is 0.475. The van der Waals surface area contributed by atoms with Crippen molar-refractivity contribution in [3.05, 3.63) is 52.5 Å². The van der Waals surface area contributed by atoms with E-state index in [4.69, 9.17) is 28.3 Å². The van der Waals surface area contributed by atoms with Crippen molar-refractivity contribution in [2.45, 2.75) is 0 Å². The fraction of sp³-hybridized carbons (Fsp3) is 0. The van der Waals surface area contributed by atoms with Gasteiger partial charge < -0.3 is 5.11 Å². The Kier molecular flexibility index (Phi) is 3.61. The molecule has 2 rings (SSSR count). The van der Waals surface area contributed by atoms with Crippen LogP contribution in [-0.2, 0) is 0 Å². The molecule has 0 radical (unpaired) electrons. The molecule has 0 saturated carbocycles. The van der Waals surface area contributed by atoms with E-state index in [1.54, 1.807) is 30.3 Å². The van der Waals surface area contributed by atoms with Crippen LogP contribution in [0.3, 0.4) is 0 Å². The Balaban J connectivity index is 2.23. The quantitative estimate of drug-likeness (QED) is 0.754. The third-order valence-corrected chi connectivity index (χ3v) is 2.57. The largest absolute Gasteiger partial charge is 0.508 e. The number of azo groups is 1. The topological polar surface area (TPSA) is 45.0 Å². The summed E-state index contributed by atoms with van der Waals surface area (Å²) >= 11 is 11.7. The van der Waals surface area contributed by atoms with Crippen LogP contribution in [0.2, 0.25) is 10.0 Å². The summed E-state index contributed by atoms with van der Waals surface area (Å²) < 4.78 is 0. The Bertz CT molecular complexity index is 553. The van der Waals surface area contributed by atoms with Crippen LogP contribution in [0.25, 0.3) is 0 Å². The predicted molar refractivity (Wildman–Crippen MR) is 68.7 cm³/mol. The van der Waals surface area contributed by atoms with Crippen molar-refractivity contribution in [1.29, 1.82) is 0 Å². The van der Waals surface area contributed by atoms with Gasteiger partial charge in [0.25, 0.3) is 0 Å². The molecule has 86 valence electrons. The number of phenolic OH excluding ortho intramolecular Hbond substituents is 1. The molecule has 0 fully saturated rings. The van der Waals surface area contributed by atoms with Crippen LogP contribution in [-0.4, -0.2) is 5.11 Å². The van der Waals surface area contributed by atoms with Gasteiger partial charge in [0.1, 0.15) is 11.4 Å². The highest BCUT2D eigenvalue weighted by atomic mass is 35.5. The minimum absolute atomic E-state index is 0.188. The van der Waals surface area contributed by atoms with Crippen LogP contribution in [0.5, 0.6) is 5.75 Å². The molecular formula is C12H8Cl2N2O. The molecule has 2 aromatic carbocycles. The average molecular weight is 267 g/mol. The zero-order valence-corrected chi connectivity index (χ0v) is 10.2. The second kappa shape index (κ2) is 5.17. The molecule has 2 aromatic rings. The van der Waals surface area contributed by atoms with Gasteiger partial charge in [-0.3, -0.25) is 0 Å². The van der Waals surface area contributed by atoms with Gasteiger partial charge in [0.15, 0.2) is 0 Å². The minimum Gasteiger partial charge on any atom is -0.508 e. The van der Waals surface area contributed by atoms with E-state index in [9.17, 15) is 0 Å². The van der Waals surface area contributed by atoms with Gasteiger partial charge in [-0.05, 0) is 42.5 Å². The maximum atomic E-state index is 9.11. The minimum atomic E-state index is 0.188. The van der Waals surface area contributed by atoms with E-state index >= 15 is 0 Å². The number of aromatic hydroxyl groups is 1. The second-order valence-corrected chi connectivity index (χ2v) is 4.16. The first kappa shape index (κ1) is 11.9. The molecule has 0 spiro atoms. The molecule has 1 N–H and O–H groups in total. The molecule has 3 nitrogen and oxygen atoms in total. The number of phenols is 1. The number of hydrogen-bond donors (Lipinski definition) is 1. The predicted octanol–water partition coefficient (Wildman–Crippen LogP) is 5.11. The molecule has 0 aliphatic rings. The molecule has 0 aliphatic carbocycles. The smallest absolute Gasteiger partial charge is 0.115 e. The maximum absolute atomic E-state index is 9.11. The van der Waals surface area contributed by atoms with Gasteiger partial charge in [-0.2, -0.15) is 5.11 Å². The van der Waals surface area contributed by atoms with Crippen molar-refractivity contribution in [3.8, 4) is 5.75 Å².